The molecule has 1 fully saturated rings. The molecule has 1 saturated heterocycles. The van der Waals surface area contributed by atoms with Crippen molar-refractivity contribution in [3.8, 4) is 0 Å². The smallest absolute Gasteiger partial charge is 0.267 e. The summed E-state index contributed by atoms with van der Waals surface area (Å²) in [4.78, 5) is 15.8. The predicted molar refractivity (Wildman–Crippen MR) is 136 cm³/mol. The Morgan fingerprint density at radius 3 is 2.44 bits per heavy atom. The van der Waals surface area contributed by atoms with Crippen LogP contribution in [-0.2, 0) is 29.4 Å². The summed E-state index contributed by atoms with van der Waals surface area (Å²) in [5.74, 6) is -0.393. The van der Waals surface area contributed by atoms with Crippen molar-refractivity contribution in [2.45, 2.75) is 37.1 Å². The van der Waals surface area contributed by atoms with Crippen LogP contribution in [0.1, 0.15) is 39.2 Å². The summed E-state index contributed by atoms with van der Waals surface area (Å²) in [6.07, 6.45) is 4.23. The van der Waals surface area contributed by atoms with Gasteiger partial charge in [0, 0.05) is 25.3 Å². The molecule has 0 saturated carbocycles. The van der Waals surface area contributed by atoms with E-state index in [9.17, 15) is 13.2 Å². The molecule has 0 aliphatic carbocycles. The zero-order chi connectivity index (χ0) is 23.5. The van der Waals surface area contributed by atoms with Crippen LogP contribution in [0.4, 0.5) is 5.69 Å². The number of carbonyl (C=O) groups is 1. The van der Waals surface area contributed by atoms with Crippen molar-refractivity contribution in [1.82, 2.24) is 9.21 Å². The third kappa shape index (κ3) is 4.95. The molecule has 0 spiro atoms. The number of nitrogens with one attached hydrogen (secondary N) is 1. The highest BCUT2D eigenvalue weighted by molar-refractivity contribution is 7.89. The minimum Gasteiger partial charge on any atom is -0.321 e. The topological polar surface area (TPSA) is 69.7 Å². The van der Waals surface area contributed by atoms with Crippen LogP contribution in [0.5, 0.6) is 0 Å². The van der Waals surface area contributed by atoms with Crippen LogP contribution in [-0.4, -0.2) is 49.7 Å². The summed E-state index contributed by atoms with van der Waals surface area (Å²) in [6, 6.07) is 17.3. The Kier molecular flexibility index (Phi) is 6.83. The number of benzene rings is 2. The summed E-state index contributed by atoms with van der Waals surface area (Å²) in [7, 11) is -3.77. The molecule has 0 bridgehead atoms. The Balaban J connectivity index is 1.26. The number of anilines is 1. The van der Waals surface area contributed by atoms with Crippen molar-refractivity contribution in [1.29, 1.82) is 0 Å². The Labute approximate surface area is 205 Å². The molecule has 1 aromatic heterocycles. The maximum Gasteiger partial charge on any atom is 0.267 e. The normalized spacial score (nSPS) is 16.9. The van der Waals surface area contributed by atoms with Gasteiger partial charge in [-0.1, -0.05) is 36.4 Å². The molecule has 3 aromatic rings. The summed E-state index contributed by atoms with van der Waals surface area (Å²) in [5, 5.41) is 4.55. The summed E-state index contributed by atoms with van der Waals surface area (Å²) < 4.78 is 28.3. The highest BCUT2D eigenvalue weighted by Crippen LogP contribution is 2.30. The number of hydrogen-bond acceptors (Lipinski definition) is 5. The number of carbonyl (C=O) groups excluding carboxylic acids is 1. The van der Waals surface area contributed by atoms with Gasteiger partial charge in [-0.3, -0.25) is 4.79 Å². The van der Waals surface area contributed by atoms with Gasteiger partial charge in [-0.15, -0.1) is 11.3 Å². The minimum atomic E-state index is -3.77. The van der Waals surface area contributed by atoms with Crippen LogP contribution in [0.2, 0.25) is 0 Å². The Morgan fingerprint density at radius 2 is 1.68 bits per heavy atom. The Hall–Kier alpha value is -2.52. The van der Waals surface area contributed by atoms with Gasteiger partial charge in [0.25, 0.3) is 5.91 Å². The first-order valence-electron chi connectivity index (χ1n) is 11.8. The first-order chi connectivity index (χ1) is 16.5. The van der Waals surface area contributed by atoms with E-state index in [-0.39, 0.29) is 9.77 Å². The molecule has 178 valence electrons. The fourth-order valence-corrected chi connectivity index (χ4v) is 7.43. The van der Waals surface area contributed by atoms with E-state index in [4.69, 9.17) is 0 Å². The van der Waals surface area contributed by atoms with Crippen molar-refractivity contribution < 1.29 is 13.2 Å². The van der Waals surface area contributed by atoms with Crippen molar-refractivity contribution in [3.05, 3.63) is 81.5 Å². The fourth-order valence-electron chi connectivity index (χ4n) is 4.72. The minimum absolute atomic E-state index is 0.0802. The second-order valence-corrected chi connectivity index (χ2v) is 11.7. The van der Waals surface area contributed by atoms with Gasteiger partial charge in [-0.05, 0) is 79.0 Å². The highest BCUT2D eigenvalue weighted by Gasteiger charge is 2.32. The van der Waals surface area contributed by atoms with Gasteiger partial charge in [0.2, 0.25) is 10.0 Å². The second kappa shape index (κ2) is 10.00. The van der Waals surface area contributed by atoms with Crippen LogP contribution >= 0.6 is 11.3 Å². The highest BCUT2D eigenvalue weighted by atomic mass is 32.2. The molecule has 0 atom stereocenters. The largest absolute Gasteiger partial charge is 0.321 e. The summed E-state index contributed by atoms with van der Waals surface area (Å²) in [5.41, 5.74) is 4.10. The summed E-state index contributed by atoms with van der Waals surface area (Å²) >= 11 is 1.16. The number of amides is 1. The van der Waals surface area contributed by atoms with Crippen molar-refractivity contribution in [3.63, 3.8) is 0 Å². The van der Waals surface area contributed by atoms with E-state index in [0.717, 1.165) is 29.9 Å². The molecule has 0 radical (unpaired) electrons. The third-order valence-corrected chi connectivity index (χ3v) is 9.61. The van der Waals surface area contributed by atoms with Crippen LogP contribution in [0, 0.1) is 0 Å². The quantitative estimate of drug-likeness (QED) is 0.528. The van der Waals surface area contributed by atoms with Crippen LogP contribution < -0.4 is 5.32 Å². The van der Waals surface area contributed by atoms with Gasteiger partial charge in [0.05, 0.1) is 0 Å². The van der Waals surface area contributed by atoms with E-state index in [2.05, 4.69) is 10.2 Å². The fraction of sp³-hybridized carbons (Fsp3) is 0.346. The molecule has 1 amide bonds. The number of rotatable bonds is 7. The molecule has 5 rings (SSSR count). The van der Waals surface area contributed by atoms with Gasteiger partial charge >= 0.3 is 0 Å². The zero-order valence-electron chi connectivity index (χ0n) is 19.1. The molecule has 34 heavy (non-hydrogen) atoms. The molecule has 3 heterocycles. The standard InChI is InChI=1S/C26H29N3O3S2/c30-26(27-23-9-7-20(8-10-23)11-16-28-14-3-4-15-28)25-24(13-18-33-25)34(31,32)29-17-12-21-5-1-2-6-22(21)19-29/h1-2,5-10,13,18H,3-4,11-12,14-17,19H2,(H,27,30). The average molecular weight is 496 g/mol. The van der Waals surface area contributed by atoms with Gasteiger partial charge < -0.3 is 10.2 Å². The lowest BCUT2D eigenvalue weighted by Crippen LogP contribution is -2.36. The van der Waals surface area contributed by atoms with Gasteiger partial charge in [0.1, 0.15) is 9.77 Å². The van der Waals surface area contributed by atoms with Gasteiger partial charge in [0.15, 0.2) is 0 Å². The number of fused-ring (bicyclic) bond motifs is 1. The zero-order valence-corrected chi connectivity index (χ0v) is 20.7. The van der Waals surface area contributed by atoms with E-state index < -0.39 is 15.9 Å². The molecule has 6 nitrogen and oxygen atoms in total. The lowest BCUT2D eigenvalue weighted by molar-refractivity contribution is 0.102. The molecule has 8 heteroatoms. The predicted octanol–water partition coefficient (Wildman–Crippen LogP) is 4.39. The van der Waals surface area contributed by atoms with Gasteiger partial charge in [-0.25, -0.2) is 8.42 Å². The Bertz CT molecular complexity index is 1260. The first kappa shape index (κ1) is 23.2. The number of likely N-dealkylation sites (tertiary alicyclic amines) is 1. The second-order valence-electron chi connectivity index (χ2n) is 8.92. The maximum atomic E-state index is 13.4. The molecule has 2 aliphatic heterocycles. The number of hydrogen-bond donors (Lipinski definition) is 1. The first-order valence-corrected chi connectivity index (χ1v) is 14.1. The van der Waals surface area contributed by atoms with E-state index in [1.807, 2.05) is 48.5 Å². The van der Waals surface area contributed by atoms with E-state index in [1.165, 1.54) is 47.4 Å². The number of sulfonamides is 1. The van der Waals surface area contributed by atoms with Crippen molar-refractivity contribution >= 4 is 33.0 Å². The molecular weight excluding hydrogens is 466 g/mol. The Morgan fingerprint density at radius 1 is 0.941 bits per heavy atom. The molecule has 2 aromatic carbocycles. The molecule has 2 aliphatic rings. The number of thiophene rings is 1. The van der Waals surface area contributed by atoms with Crippen LogP contribution in [0.3, 0.4) is 0 Å². The van der Waals surface area contributed by atoms with E-state index in [1.54, 1.807) is 5.38 Å². The monoisotopic (exact) mass is 495 g/mol. The molecule has 0 unspecified atom stereocenters. The van der Waals surface area contributed by atoms with Gasteiger partial charge in [-0.2, -0.15) is 4.31 Å². The van der Waals surface area contributed by atoms with Crippen molar-refractivity contribution in [2.75, 3.05) is 31.5 Å². The lowest BCUT2D eigenvalue weighted by Gasteiger charge is -2.28. The van der Waals surface area contributed by atoms with Crippen LogP contribution in [0.25, 0.3) is 0 Å². The average Bonchev–Trinajstić information content (AvgIpc) is 3.56. The summed E-state index contributed by atoms with van der Waals surface area (Å²) in [6.45, 7) is 4.17. The van der Waals surface area contributed by atoms with E-state index >= 15 is 0 Å². The molecule has 1 N–H and O–H groups in total. The molecular formula is C26H29N3O3S2. The number of nitrogens with zero attached hydrogens (tertiary/aromatic N) is 2. The third-order valence-electron chi connectivity index (χ3n) is 6.68. The van der Waals surface area contributed by atoms with Crippen LogP contribution in [0.15, 0.2) is 64.9 Å². The maximum absolute atomic E-state index is 13.4. The van der Waals surface area contributed by atoms with Crippen molar-refractivity contribution in [2.24, 2.45) is 0 Å². The lowest BCUT2D eigenvalue weighted by atomic mass is 10.0. The van der Waals surface area contributed by atoms with E-state index in [0.29, 0.717) is 25.2 Å². The SMILES string of the molecule is O=C(Nc1ccc(CCN2CCCC2)cc1)c1sccc1S(=O)(=O)N1CCc2ccccc2C1.